The zero-order valence-corrected chi connectivity index (χ0v) is 19.5. The van der Waals surface area contributed by atoms with E-state index in [2.05, 4.69) is 10.4 Å². The quantitative estimate of drug-likeness (QED) is 0.538. The van der Waals surface area contributed by atoms with Crippen molar-refractivity contribution in [2.45, 2.75) is 33.4 Å². The van der Waals surface area contributed by atoms with Crippen molar-refractivity contribution in [2.75, 3.05) is 20.8 Å². The van der Waals surface area contributed by atoms with Crippen LogP contribution in [0.25, 0.3) is 11.3 Å². The normalized spacial score (nSPS) is 11.5. The van der Waals surface area contributed by atoms with Crippen LogP contribution in [0.2, 0.25) is 0 Å². The summed E-state index contributed by atoms with van der Waals surface area (Å²) in [6, 6.07) is 14.1. The predicted molar refractivity (Wildman–Crippen MR) is 126 cm³/mol. The van der Waals surface area contributed by atoms with Crippen LogP contribution in [0.1, 0.15) is 18.1 Å². The van der Waals surface area contributed by atoms with E-state index >= 15 is 0 Å². The minimum absolute atomic E-state index is 0.209. The molecule has 0 spiro atoms. The number of aromatic nitrogens is 2. The van der Waals surface area contributed by atoms with Crippen molar-refractivity contribution in [1.29, 1.82) is 0 Å². The molecule has 3 aromatic rings. The van der Waals surface area contributed by atoms with Gasteiger partial charge in [-0.3, -0.25) is 9.59 Å². The molecule has 0 saturated carbocycles. The molecule has 0 bridgehead atoms. The van der Waals surface area contributed by atoms with Gasteiger partial charge in [-0.05, 0) is 68.3 Å². The highest BCUT2D eigenvalue weighted by atomic mass is 16.5. The van der Waals surface area contributed by atoms with Gasteiger partial charge in [0.05, 0.1) is 26.5 Å². The fourth-order valence-electron chi connectivity index (χ4n) is 3.24. The SMILES string of the molecule is COc1ccc(OC)c(-c2ccc(=O)n(CCNC(=O)C(C)Oc3ccc(C)c(C)c3)n2)c1. The van der Waals surface area contributed by atoms with Crippen LogP contribution in [-0.2, 0) is 11.3 Å². The Labute approximate surface area is 193 Å². The van der Waals surface area contributed by atoms with Crippen molar-refractivity contribution in [2.24, 2.45) is 0 Å². The summed E-state index contributed by atoms with van der Waals surface area (Å²) in [6.07, 6.45) is -0.677. The summed E-state index contributed by atoms with van der Waals surface area (Å²) in [5.41, 5.74) is 3.24. The maximum Gasteiger partial charge on any atom is 0.266 e. The highest BCUT2D eigenvalue weighted by Crippen LogP contribution is 2.31. The summed E-state index contributed by atoms with van der Waals surface area (Å²) in [4.78, 5) is 24.7. The number of rotatable bonds is 9. The van der Waals surface area contributed by atoms with Crippen molar-refractivity contribution in [1.82, 2.24) is 15.1 Å². The van der Waals surface area contributed by atoms with Crippen LogP contribution in [0.15, 0.2) is 53.3 Å². The number of carbonyl (C=O) groups is 1. The molecule has 0 saturated heterocycles. The van der Waals surface area contributed by atoms with E-state index in [1.165, 1.54) is 10.7 Å². The Morgan fingerprint density at radius 2 is 1.76 bits per heavy atom. The molecule has 8 heteroatoms. The third-order valence-corrected chi connectivity index (χ3v) is 5.33. The van der Waals surface area contributed by atoms with Gasteiger partial charge in [-0.15, -0.1) is 0 Å². The van der Waals surface area contributed by atoms with Gasteiger partial charge in [-0.25, -0.2) is 4.68 Å². The molecule has 0 radical (unpaired) electrons. The molecule has 0 fully saturated rings. The summed E-state index contributed by atoms with van der Waals surface area (Å²) in [5, 5.41) is 7.24. The number of nitrogens with zero attached hydrogens (tertiary/aromatic N) is 2. The van der Waals surface area contributed by atoms with Crippen LogP contribution < -0.4 is 25.1 Å². The van der Waals surface area contributed by atoms with Crippen LogP contribution >= 0.6 is 0 Å². The number of benzene rings is 2. The van der Waals surface area contributed by atoms with Gasteiger partial charge in [0.15, 0.2) is 6.10 Å². The molecule has 0 aliphatic carbocycles. The molecule has 3 rings (SSSR count). The summed E-state index contributed by atoms with van der Waals surface area (Å²) < 4.78 is 17.8. The molecule has 174 valence electrons. The lowest BCUT2D eigenvalue weighted by Crippen LogP contribution is -2.39. The lowest BCUT2D eigenvalue weighted by Gasteiger charge is -2.16. The van der Waals surface area contributed by atoms with Crippen molar-refractivity contribution in [3.8, 4) is 28.5 Å². The molecule has 2 aromatic carbocycles. The van der Waals surface area contributed by atoms with Gasteiger partial charge in [0.1, 0.15) is 17.2 Å². The molecule has 0 aliphatic rings. The zero-order valence-electron chi connectivity index (χ0n) is 19.5. The van der Waals surface area contributed by atoms with Gasteiger partial charge in [0.25, 0.3) is 11.5 Å². The summed E-state index contributed by atoms with van der Waals surface area (Å²) in [6.45, 7) is 6.13. The summed E-state index contributed by atoms with van der Waals surface area (Å²) in [5.74, 6) is 1.62. The first-order valence-corrected chi connectivity index (χ1v) is 10.6. The standard InChI is InChI=1S/C25H29N3O5/c1-16-6-7-20(14-17(16)2)33-18(3)25(30)26-12-13-28-24(29)11-9-22(27-28)21-15-19(31-4)8-10-23(21)32-5/h6-11,14-15,18H,12-13H2,1-5H3,(H,26,30). The number of carbonyl (C=O) groups excluding carboxylic acids is 1. The predicted octanol–water partition coefficient (Wildman–Crippen LogP) is 3.13. The number of hydrogen-bond donors (Lipinski definition) is 1. The molecule has 1 aromatic heterocycles. The molecule has 1 atom stereocenters. The Morgan fingerprint density at radius 1 is 1.00 bits per heavy atom. The van der Waals surface area contributed by atoms with Crippen molar-refractivity contribution >= 4 is 5.91 Å². The van der Waals surface area contributed by atoms with E-state index < -0.39 is 6.10 Å². The molecule has 33 heavy (non-hydrogen) atoms. The maximum atomic E-state index is 12.4. The highest BCUT2D eigenvalue weighted by molar-refractivity contribution is 5.80. The van der Waals surface area contributed by atoms with Crippen molar-refractivity contribution in [3.05, 3.63) is 70.0 Å². The van der Waals surface area contributed by atoms with E-state index in [9.17, 15) is 9.59 Å². The lowest BCUT2D eigenvalue weighted by molar-refractivity contribution is -0.127. The third kappa shape index (κ3) is 5.91. The molecule has 1 heterocycles. The average molecular weight is 452 g/mol. The van der Waals surface area contributed by atoms with Gasteiger partial charge in [0, 0.05) is 18.2 Å². The largest absolute Gasteiger partial charge is 0.497 e. The van der Waals surface area contributed by atoms with E-state index in [-0.39, 0.29) is 24.6 Å². The van der Waals surface area contributed by atoms with E-state index in [1.54, 1.807) is 45.4 Å². The molecule has 0 aliphatic heterocycles. The molecular formula is C25H29N3O5. The Hall–Kier alpha value is -3.81. The second-order valence-electron chi connectivity index (χ2n) is 7.64. The number of hydrogen-bond acceptors (Lipinski definition) is 6. The monoisotopic (exact) mass is 451 g/mol. The Morgan fingerprint density at radius 3 is 2.45 bits per heavy atom. The third-order valence-electron chi connectivity index (χ3n) is 5.33. The first-order chi connectivity index (χ1) is 15.8. The summed E-state index contributed by atoms with van der Waals surface area (Å²) in [7, 11) is 3.14. The van der Waals surface area contributed by atoms with E-state index in [1.807, 2.05) is 32.0 Å². The Balaban J connectivity index is 1.65. The molecular weight excluding hydrogens is 422 g/mol. The number of methoxy groups -OCH3 is 2. The van der Waals surface area contributed by atoms with E-state index in [0.29, 0.717) is 28.5 Å². The number of aryl methyl sites for hydroxylation is 2. The topological polar surface area (TPSA) is 91.7 Å². The fraction of sp³-hybridized carbons (Fsp3) is 0.320. The van der Waals surface area contributed by atoms with Gasteiger partial charge in [-0.1, -0.05) is 6.07 Å². The van der Waals surface area contributed by atoms with Crippen LogP contribution in [0.3, 0.4) is 0 Å². The molecule has 1 N–H and O–H groups in total. The van der Waals surface area contributed by atoms with Crippen LogP contribution in [0.4, 0.5) is 0 Å². The van der Waals surface area contributed by atoms with Crippen molar-refractivity contribution < 1.29 is 19.0 Å². The first-order valence-electron chi connectivity index (χ1n) is 10.6. The van der Waals surface area contributed by atoms with Crippen LogP contribution in [0.5, 0.6) is 17.2 Å². The smallest absolute Gasteiger partial charge is 0.266 e. The Kier molecular flexibility index (Phi) is 7.71. The van der Waals surface area contributed by atoms with Gasteiger partial charge in [0.2, 0.25) is 0 Å². The zero-order chi connectivity index (χ0) is 24.0. The lowest BCUT2D eigenvalue weighted by atomic mass is 10.1. The molecule has 8 nitrogen and oxygen atoms in total. The highest BCUT2D eigenvalue weighted by Gasteiger charge is 2.15. The second kappa shape index (κ2) is 10.7. The fourth-order valence-corrected chi connectivity index (χ4v) is 3.24. The van der Waals surface area contributed by atoms with E-state index in [0.717, 1.165) is 11.1 Å². The van der Waals surface area contributed by atoms with Crippen LogP contribution in [0, 0.1) is 13.8 Å². The van der Waals surface area contributed by atoms with Gasteiger partial charge >= 0.3 is 0 Å². The van der Waals surface area contributed by atoms with Gasteiger partial charge in [-0.2, -0.15) is 5.10 Å². The Bertz CT molecular complexity index is 1190. The minimum atomic E-state index is -0.677. The number of nitrogens with one attached hydrogen (secondary N) is 1. The number of ether oxygens (including phenoxy) is 3. The average Bonchev–Trinajstić information content (AvgIpc) is 2.82. The molecule has 1 unspecified atom stereocenters. The van der Waals surface area contributed by atoms with Gasteiger partial charge < -0.3 is 19.5 Å². The van der Waals surface area contributed by atoms with Crippen LogP contribution in [-0.4, -0.2) is 42.6 Å². The van der Waals surface area contributed by atoms with E-state index in [4.69, 9.17) is 14.2 Å². The first kappa shape index (κ1) is 23.8. The molecule has 1 amide bonds. The number of amides is 1. The minimum Gasteiger partial charge on any atom is -0.497 e. The van der Waals surface area contributed by atoms with Crippen molar-refractivity contribution in [3.63, 3.8) is 0 Å². The maximum absolute atomic E-state index is 12.4. The summed E-state index contributed by atoms with van der Waals surface area (Å²) >= 11 is 0. The second-order valence-corrected chi connectivity index (χ2v) is 7.64.